The highest BCUT2D eigenvalue weighted by atomic mass is 35.5. The van der Waals surface area contributed by atoms with Gasteiger partial charge in [0, 0.05) is 5.56 Å². The molecule has 0 saturated heterocycles. The number of carbonyl (C=O) groups is 1. The van der Waals surface area contributed by atoms with Gasteiger partial charge in [0.15, 0.2) is 17.3 Å². The van der Waals surface area contributed by atoms with Crippen LogP contribution >= 0.6 is 0 Å². The minimum absolute atomic E-state index is 0. The standard InChI is InChI=1S/C18H21NO4.ClH/c1-21-16-11-13(12-17(22-2)18(16)23-3)15(20)9-10-19-14-7-5-4-6-8-14;/h4-8,11-12,19H,9-10H2,1-3H3;1H. The van der Waals surface area contributed by atoms with Crippen LogP contribution in [-0.4, -0.2) is 33.7 Å². The monoisotopic (exact) mass is 351 g/mol. The Hall–Kier alpha value is -2.24. The van der Waals surface area contributed by atoms with Gasteiger partial charge in [-0.1, -0.05) is 18.2 Å². The molecule has 5 nitrogen and oxygen atoms in total. The quantitative estimate of drug-likeness (QED) is 0.499. The average molecular weight is 352 g/mol. The van der Waals surface area contributed by atoms with Crippen molar-refractivity contribution in [2.24, 2.45) is 0 Å². The highest BCUT2D eigenvalue weighted by Crippen LogP contribution is 2.38. The molecule has 0 saturated carbocycles. The second-order valence-electron chi connectivity index (χ2n) is 4.99. The van der Waals surface area contributed by atoms with Gasteiger partial charge < -0.3 is 31.9 Å². The van der Waals surface area contributed by atoms with E-state index in [1.165, 1.54) is 21.3 Å². The molecule has 24 heavy (non-hydrogen) atoms. The second-order valence-corrected chi connectivity index (χ2v) is 4.99. The van der Waals surface area contributed by atoms with E-state index in [0.29, 0.717) is 35.8 Å². The maximum atomic E-state index is 12.4. The van der Waals surface area contributed by atoms with Crippen LogP contribution in [0.1, 0.15) is 16.8 Å². The van der Waals surface area contributed by atoms with Crippen molar-refractivity contribution in [2.75, 3.05) is 27.9 Å². The Kier molecular flexibility index (Phi) is 8.09. The summed E-state index contributed by atoms with van der Waals surface area (Å²) in [5.41, 5.74) is 1.67. The average Bonchev–Trinajstić information content (AvgIpc) is 2.61. The number of hydrogen-bond donors (Lipinski definition) is 1. The van der Waals surface area contributed by atoms with E-state index in [9.17, 15) is 4.79 Å². The van der Waals surface area contributed by atoms with Gasteiger partial charge in [0.1, 0.15) is 5.69 Å². The third-order valence-corrected chi connectivity index (χ3v) is 3.54. The third kappa shape index (κ3) is 4.88. The number of hydrogen-bond acceptors (Lipinski definition) is 4. The van der Waals surface area contributed by atoms with Crippen molar-refractivity contribution >= 4 is 11.5 Å². The number of quaternary nitrogens is 1. The van der Waals surface area contributed by atoms with Crippen LogP contribution in [0.2, 0.25) is 0 Å². The highest BCUT2D eigenvalue weighted by Gasteiger charge is 2.17. The van der Waals surface area contributed by atoms with E-state index >= 15 is 0 Å². The van der Waals surface area contributed by atoms with Crippen LogP contribution in [-0.2, 0) is 0 Å². The van der Waals surface area contributed by atoms with Crippen LogP contribution in [0.4, 0.5) is 5.69 Å². The molecule has 2 rings (SSSR count). The first-order valence-corrected chi connectivity index (χ1v) is 7.41. The highest BCUT2D eigenvalue weighted by molar-refractivity contribution is 5.97. The summed E-state index contributed by atoms with van der Waals surface area (Å²) in [6.07, 6.45) is 0.424. The summed E-state index contributed by atoms with van der Waals surface area (Å²) in [7, 11) is 4.61. The van der Waals surface area contributed by atoms with Crippen molar-refractivity contribution in [2.45, 2.75) is 6.42 Å². The predicted molar refractivity (Wildman–Crippen MR) is 87.9 cm³/mol. The maximum absolute atomic E-state index is 12.4. The van der Waals surface area contributed by atoms with E-state index in [1.54, 1.807) is 12.1 Å². The van der Waals surface area contributed by atoms with Gasteiger partial charge in [-0.2, -0.15) is 0 Å². The molecule has 0 spiro atoms. The maximum Gasteiger partial charge on any atom is 0.203 e. The summed E-state index contributed by atoms with van der Waals surface area (Å²) in [5.74, 6) is 1.50. The summed E-state index contributed by atoms with van der Waals surface area (Å²) in [6, 6.07) is 13.3. The first-order valence-electron chi connectivity index (χ1n) is 7.41. The first kappa shape index (κ1) is 19.8. The molecule has 0 fully saturated rings. The number of methoxy groups -OCH3 is 3. The van der Waals surface area contributed by atoms with Gasteiger partial charge in [-0.05, 0) is 24.3 Å². The SMILES string of the molecule is COc1cc(C(=O)CC[NH2+]c2ccccc2)cc(OC)c1OC.[Cl-]. The molecule has 0 heterocycles. The number of carbonyl (C=O) groups excluding carboxylic acids is 1. The molecule has 0 unspecified atom stereocenters. The van der Waals surface area contributed by atoms with Gasteiger partial charge >= 0.3 is 0 Å². The minimum Gasteiger partial charge on any atom is -1.00 e. The van der Waals surface area contributed by atoms with E-state index in [-0.39, 0.29) is 18.2 Å². The van der Waals surface area contributed by atoms with E-state index in [2.05, 4.69) is 5.32 Å². The lowest BCUT2D eigenvalue weighted by Crippen LogP contribution is -3.00. The van der Waals surface area contributed by atoms with Crippen molar-refractivity contribution < 1.29 is 36.7 Å². The smallest absolute Gasteiger partial charge is 0.203 e. The number of para-hydroxylation sites is 1. The van der Waals surface area contributed by atoms with Crippen molar-refractivity contribution in [1.82, 2.24) is 0 Å². The summed E-state index contributed by atoms with van der Waals surface area (Å²) in [5, 5.41) is 2.05. The first-order chi connectivity index (χ1) is 11.2. The normalized spacial score (nSPS) is 9.79. The Morgan fingerprint density at radius 1 is 0.958 bits per heavy atom. The molecule has 0 bridgehead atoms. The van der Waals surface area contributed by atoms with Crippen molar-refractivity contribution in [3.63, 3.8) is 0 Å². The van der Waals surface area contributed by atoms with Gasteiger partial charge in [0.05, 0.1) is 34.3 Å². The molecule has 2 aromatic rings. The van der Waals surface area contributed by atoms with E-state index in [0.717, 1.165) is 5.69 Å². The van der Waals surface area contributed by atoms with E-state index in [1.807, 2.05) is 30.3 Å². The molecule has 6 heteroatoms. The fourth-order valence-corrected chi connectivity index (χ4v) is 2.35. The molecule has 2 aromatic carbocycles. The molecule has 0 radical (unpaired) electrons. The van der Waals surface area contributed by atoms with Gasteiger partial charge in [0.2, 0.25) is 5.75 Å². The molecule has 2 N–H and O–H groups in total. The third-order valence-electron chi connectivity index (χ3n) is 3.54. The molecule has 0 amide bonds. The number of benzene rings is 2. The van der Waals surface area contributed by atoms with Crippen LogP contribution < -0.4 is 31.9 Å². The lowest BCUT2D eigenvalue weighted by Gasteiger charge is -2.13. The molecule has 130 valence electrons. The summed E-state index contributed by atoms with van der Waals surface area (Å²) >= 11 is 0. The number of nitrogens with two attached hydrogens (primary N) is 1. The zero-order valence-corrected chi connectivity index (χ0v) is 14.8. The summed E-state index contributed by atoms with van der Waals surface area (Å²) in [6.45, 7) is 0.680. The van der Waals surface area contributed by atoms with Gasteiger partial charge in [-0.15, -0.1) is 0 Å². The predicted octanol–water partition coefficient (Wildman–Crippen LogP) is -0.816. The Morgan fingerprint density at radius 2 is 1.54 bits per heavy atom. The Labute approximate surface area is 148 Å². The number of ether oxygens (including phenoxy) is 3. The molecule has 0 aliphatic rings. The minimum atomic E-state index is 0. The lowest BCUT2D eigenvalue weighted by molar-refractivity contribution is -0.570. The van der Waals surface area contributed by atoms with Gasteiger partial charge in [0.25, 0.3) is 0 Å². The van der Waals surface area contributed by atoms with Crippen LogP contribution in [0.15, 0.2) is 42.5 Å². The van der Waals surface area contributed by atoms with E-state index in [4.69, 9.17) is 14.2 Å². The molecule has 0 aliphatic carbocycles. The number of Topliss-reactive ketones (excluding diaryl/α,β-unsaturated/α-hetero) is 1. The van der Waals surface area contributed by atoms with Crippen LogP contribution in [0.25, 0.3) is 0 Å². The van der Waals surface area contributed by atoms with Crippen LogP contribution in [0.5, 0.6) is 17.2 Å². The van der Waals surface area contributed by atoms with Crippen LogP contribution in [0.3, 0.4) is 0 Å². The fourth-order valence-electron chi connectivity index (χ4n) is 2.35. The molecule has 0 atom stereocenters. The Morgan fingerprint density at radius 3 is 2.04 bits per heavy atom. The largest absolute Gasteiger partial charge is 1.00 e. The molecule has 0 aliphatic heterocycles. The van der Waals surface area contributed by atoms with Crippen LogP contribution in [0, 0.1) is 0 Å². The lowest BCUT2D eigenvalue weighted by atomic mass is 10.1. The van der Waals surface area contributed by atoms with Crippen molar-refractivity contribution in [1.29, 1.82) is 0 Å². The summed E-state index contributed by atoms with van der Waals surface area (Å²) in [4.78, 5) is 12.4. The molecular weight excluding hydrogens is 330 g/mol. The fraction of sp³-hybridized carbons (Fsp3) is 0.278. The number of ketones is 1. The van der Waals surface area contributed by atoms with Gasteiger partial charge in [-0.3, -0.25) is 4.79 Å². The molecule has 0 aromatic heterocycles. The zero-order valence-electron chi connectivity index (χ0n) is 14.0. The topological polar surface area (TPSA) is 61.4 Å². The summed E-state index contributed by atoms with van der Waals surface area (Å²) < 4.78 is 15.8. The van der Waals surface area contributed by atoms with Crippen molar-refractivity contribution in [3.05, 3.63) is 48.0 Å². The molecular formula is C18H22ClNO4. The van der Waals surface area contributed by atoms with E-state index < -0.39 is 0 Å². The van der Waals surface area contributed by atoms with Gasteiger partial charge in [-0.25, -0.2) is 0 Å². The van der Waals surface area contributed by atoms with Crippen molar-refractivity contribution in [3.8, 4) is 17.2 Å². The zero-order chi connectivity index (χ0) is 16.7. The Balaban J connectivity index is 0.00000288. The number of rotatable bonds is 8. The number of halogens is 1. The Bertz CT molecular complexity index is 636. The second kappa shape index (κ2) is 9.80.